The van der Waals surface area contributed by atoms with Crippen LogP contribution in [0.5, 0.6) is 0 Å². The first-order chi connectivity index (χ1) is 11.1. The quantitative estimate of drug-likeness (QED) is 0.500. The maximum absolute atomic E-state index is 12.8. The van der Waals surface area contributed by atoms with Gasteiger partial charge in [-0.2, -0.15) is 4.39 Å². The highest BCUT2D eigenvalue weighted by atomic mass is 32.2. The molecule has 0 saturated carbocycles. The molecule has 0 aliphatic rings. The molecule has 3 aromatic rings. The lowest BCUT2D eigenvalue weighted by molar-refractivity contribution is 0.584. The van der Waals surface area contributed by atoms with E-state index in [1.807, 2.05) is 24.3 Å². The van der Waals surface area contributed by atoms with Crippen LogP contribution in [0.2, 0.25) is 0 Å². The molecule has 0 aliphatic heterocycles. The first-order valence-electron chi connectivity index (χ1n) is 6.77. The van der Waals surface area contributed by atoms with Crippen LogP contribution in [0.15, 0.2) is 64.6 Å². The highest BCUT2D eigenvalue weighted by Crippen LogP contribution is 2.30. The van der Waals surface area contributed by atoms with Crippen molar-refractivity contribution >= 4 is 34.6 Å². The van der Waals surface area contributed by atoms with E-state index in [9.17, 15) is 4.39 Å². The van der Waals surface area contributed by atoms with Gasteiger partial charge >= 0.3 is 0 Å². The van der Waals surface area contributed by atoms with Crippen LogP contribution in [0.1, 0.15) is 0 Å². The third-order valence-corrected chi connectivity index (χ3v) is 4.00. The summed E-state index contributed by atoms with van der Waals surface area (Å²) in [6.07, 6.45) is 3.16. The van der Waals surface area contributed by atoms with Crippen molar-refractivity contribution < 1.29 is 4.39 Å². The van der Waals surface area contributed by atoms with Gasteiger partial charge in [-0.3, -0.25) is 0 Å². The van der Waals surface area contributed by atoms with E-state index in [0.29, 0.717) is 22.9 Å². The molecular weight excluding hydrogens is 313 g/mol. The third kappa shape index (κ3) is 3.89. The molecule has 23 heavy (non-hydrogen) atoms. The molecule has 0 atom stereocenters. The highest BCUT2D eigenvalue weighted by Gasteiger charge is 2.02. The third-order valence-electron chi connectivity index (χ3n) is 3.03. The van der Waals surface area contributed by atoms with Gasteiger partial charge in [0.15, 0.2) is 0 Å². The molecule has 3 rings (SSSR count). The van der Waals surface area contributed by atoms with Crippen LogP contribution in [0.4, 0.5) is 27.3 Å². The summed E-state index contributed by atoms with van der Waals surface area (Å²) < 4.78 is 12.8. The summed E-state index contributed by atoms with van der Waals surface area (Å²) in [4.78, 5) is 9.86. The molecule has 1 aromatic carbocycles. The summed E-state index contributed by atoms with van der Waals surface area (Å²) in [5, 5.41) is 3.05. The standard InChI is InChI=1S/C16H14FN5S/c17-15-5-1-10(8-20-15)22-16-6-3-12(9-21-16)23-11-2-4-13(18)14(19)7-11/h1-9H,18-19H2,(H,21,22). The van der Waals surface area contributed by atoms with Crippen LogP contribution >= 0.6 is 11.8 Å². The molecule has 0 amide bonds. The molecule has 0 bridgehead atoms. The summed E-state index contributed by atoms with van der Waals surface area (Å²) in [6, 6.07) is 12.2. The van der Waals surface area contributed by atoms with E-state index in [0.717, 1.165) is 9.79 Å². The van der Waals surface area contributed by atoms with E-state index in [4.69, 9.17) is 11.5 Å². The Morgan fingerprint density at radius 1 is 0.870 bits per heavy atom. The monoisotopic (exact) mass is 327 g/mol. The van der Waals surface area contributed by atoms with E-state index in [-0.39, 0.29) is 0 Å². The average Bonchev–Trinajstić information content (AvgIpc) is 2.55. The number of nitrogens with zero attached hydrogens (tertiary/aromatic N) is 2. The normalized spacial score (nSPS) is 10.5. The zero-order chi connectivity index (χ0) is 16.2. The fourth-order valence-electron chi connectivity index (χ4n) is 1.86. The van der Waals surface area contributed by atoms with Gasteiger partial charge < -0.3 is 16.8 Å². The van der Waals surface area contributed by atoms with E-state index in [2.05, 4.69) is 15.3 Å². The Bertz CT molecular complexity index is 806. The van der Waals surface area contributed by atoms with Crippen LogP contribution in [0.3, 0.4) is 0 Å². The molecule has 0 spiro atoms. The van der Waals surface area contributed by atoms with Gasteiger partial charge in [-0.1, -0.05) is 11.8 Å². The Balaban J connectivity index is 1.69. The topological polar surface area (TPSA) is 89.8 Å². The molecule has 0 fully saturated rings. The summed E-state index contributed by atoms with van der Waals surface area (Å²) in [6.45, 7) is 0. The van der Waals surface area contributed by atoms with Gasteiger partial charge in [0.25, 0.3) is 0 Å². The van der Waals surface area contributed by atoms with Crippen LogP contribution in [-0.4, -0.2) is 9.97 Å². The second-order valence-corrected chi connectivity index (χ2v) is 5.91. The minimum absolute atomic E-state index is 0.516. The smallest absolute Gasteiger partial charge is 0.212 e. The molecule has 116 valence electrons. The zero-order valence-electron chi connectivity index (χ0n) is 12.0. The van der Waals surface area contributed by atoms with Crippen molar-refractivity contribution in [2.75, 3.05) is 16.8 Å². The van der Waals surface area contributed by atoms with E-state index < -0.39 is 5.95 Å². The molecule has 5 nitrogen and oxygen atoms in total. The molecule has 7 heteroatoms. The number of anilines is 4. The molecule has 2 aromatic heterocycles. The highest BCUT2D eigenvalue weighted by molar-refractivity contribution is 7.99. The van der Waals surface area contributed by atoms with Gasteiger partial charge in [0, 0.05) is 16.0 Å². The number of hydrogen-bond donors (Lipinski definition) is 3. The number of hydrogen-bond acceptors (Lipinski definition) is 6. The molecule has 2 heterocycles. The number of benzene rings is 1. The van der Waals surface area contributed by atoms with E-state index in [1.54, 1.807) is 18.3 Å². The minimum Gasteiger partial charge on any atom is -0.397 e. The minimum atomic E-state index is -0.516. The number of rotatable bonds is 4. The zero-order valence-corrected chi connectivity index (χ0v) is 12.8. The first-order valence-corrected chi connectivity index (χ1v) is 7.59. The van der Waals surface area contributed by atoms with Gasteiger partial charge in [-0.15, -0.1) is 0 Å². The summed E-state index contributed by atoms with van der Waals surface area (Å²) >= 11 is 1.54. The summed E-state index contributed by atoms with van der Waals surface area (Å²) in [7, 11) is 0. The number of nitrogens with one attached hydrogen (secondary N) is 1. The number of nitrogen functional groups attached to an aromatic ring is 2. The summed E-state index contributed by atoms with van der Waals surface area (Å²) in [5.41, 5.74) is 13.3. The van der Waals surface area contributed by atoms with Crippen molar-refractivity contribution in [2.45, 2.75) is 9.79 Å². The van der Waals surface area contributed by atoms with E-state index >= 15 is 0 Å². The Morgan fingerprint density at radius 2 is 1.70 bits per heavy atom. The predicted molar refractivity (Wildman–Crippen MR) is 91.1 cm³/mol. The largest absolute Gasteiger partial charge is 0.397 e. The Hall–Kier alpha value is -2.80. The maximum Gasteiger partial charge on any atom is 0.212 e. The van der Waals surface area contributed by atoms with Crippen LogP contribution in [0, 0.1) is 5.95 Å². The molecule has 0 saturated heterocycles. The van der Waals surface area contributed by atoms with Gasteiger partial charge in [-0.05, 0) is 42.5 Å². The van der Waals surface area contributed by atoms with Crippen LogP contribution < -0.4 is 16.8 Å². The lowest BCUT2D eigenvalue weighted by atomic mass is 10.3. The van der Waals surface area contributed by atoms with Gasteiger partial charge in [0.05, 0.1) is 23.3 Å². The van der Waals surface area contributed by atoms with Crippen molar-refractivity contribution in [3.8, 4) is 0 Å². The molecule has 0 unspecified atom stereocenters. The van der Waals surface area contributed by atoms with Gasteiger partial charge in [0.1, 0.15) is 5.82 Å². The maximum atomic E-state index is 12.8. The fraction of sp³-hybridized carbons (Fsp3) is 0. The molecule has 0 aliphatic carbocycles. The molecule has 0 radical (unpaired) electrons. The molecular formula is C16H14FN5S. The van der Waals surface area contributed by atoms with E-state index in [1.165, 1.54) is 24.0 Å². The summed E-state index contributed by atoms with van der Waals surface area (Å²) in [5.74, 6) is 0.137. The SMILES string of the molecule is Nc1ccc(Sc2ccc(Nc3ccc(F)nc3)nc2)cc1N. The lowest BCUT2D eigenvalue weighted by Crippen LogP contribution is -1.95. The van der Waals surface area contributed by atoms with Gasteiger partial charge in [0.2, 0.25) is 5.95 Å². The van der Waals surface area contributed by atoms with Crippen LogP contribution in [-0.2, 0) is 0 Å². The van der Waals surface area contributed by atoms with Crippen molar-refractivity contribution in [1.29, 1.82) is 0 Å². The molecule has 5 N–H and O–H groups in total. The average molecular weight is 327 g/mol. The Morgan fingerprint density at radius 3 is 2.35 bits per heavy atom. The number of nitrogens with two attached hydrogens (primary N) is 2. The number of pyridine rings is 2. The van der Waals surface area contributed by atoms with Crippen molar-refractivity contribution in [2.24, 2.45) is 0 Å². The number of halogens is 1. The van der Waals surface area contributed by atoms with Crippen LogP contribution in [0.25, 0.3) is 0 Å². The first kappa shape index (κ1) is 15.1. The van der Waals surface area contributed by atoms with Crippen molar-refractivity contribution in [3.63, 3.8) is 0 Å². The second-order valence-electron chi connectivity index (χ2n) is 4.77. The second kappa shape index (κ2) is 6.53. The number of aromatic nitrogens is 2. The lowest BCUT2D eigenvalue weighted by Gasteiger charge is -2.07. The van der Waals surface area contributed by atoms with Crippen molar-refractivity contribution in [1.82, 2.24) is 9.97 Å². The fourth-order valence-corrected chi connectivity index (χ4v) is 2.70. The van der Waals surface area contributed by atoms with Gasteiger partial charge in [-0.25, -0.2) is 9.97 Å². The predicted octanol–water partition coefficient (Wildman–Crippen LogP) is 3.67. The Kier molecular flexibility index (Phi) is 4.29. The Labute approximate surface area is 137 Å². The van der Waals surface area contributed by atoms with Crippen molar-refractivity contribution in [3.05, 3.63) is 60.8 Å².